The lowest BCUT2D eigenvalue weighted by molar-refractivity contribution is 0.0697. The van der Waals surface area contributed by atoms with Gasteiger partial charge in [-0.3, -0.25) is 4.79 Å². The second-order valence-electron chi connectivity index (χ2n) is 2.72. The van der Waals surface area contributed by atoms with Crippen LogP contribution in [0.4, 0.5) is 0 Å². The highest BCUT2D eigenvalue weighted by atomic mass is 79.9. The Labute approximate surface area is 88.3 Å². The van der Waals surface area contributed by atoms with Crippen molar-refractivity contribution in [2.24, 2.45) is 0 Å². The molecule has 0 atom stereocenters. The quantitative estimate of drug-likeness (QED) is 0.797. The highest BCUT2D eigenvalue weighted by Gasteiger charge is 2.14. The maximum atomic E-state index is 11.0. The van der Waals surface area contributed by atoms with Crippen LogP contribution < -0.4 is 0 Å². The molecule has 0 aromatic heterocycles. The molecular formula is C9H7BrO4. The molecule has 0 amide bonds. The van der Waals surface area contributed by atoms with Crippen molar-refractivity contribution in [3.63, 3.8) is 0 Å². The van der Waals surface area contributed by atoms with E-state index in [1.54, 1.807) is 0 Å². The van der Waals surface area contributed by atoms with E-state index in [0.717, 1.165) is 6.07 Å². The number of ketones is 1. The largest absolute Gasteiger partial charge is 0.506 e. The molecule has 0 aliphatic carbocycles. The molecule has 1 rings (SSSR count). The van der Waals surface area contributed by atoms with Crippen molar-refractivity contribution in [1.29, 1.82) is 0 Å². The molecule has 5 heteroatoms. The topological polar surface area (TPSA) is 74.6 Å². The van der Waals surface area contributed by atoms with Crippen LogP contribution in [0.2, 0.25) is 0 Å². The van der Waals surface area contributed by atoms with Crippen molar-refractivity contribution in [2.75, 3.05) is 0 Å². The van der Waals surface area contributed by atoms with Crippen LogP contribution in [-0.2, 0) is 0 Å². The number of Topliss-reactive ketones (excluding diaryl/α,β-unsaturated/α-hetero) is 1. The van der Waals surface area contributed by atoms with Crippen LogP contribution in [0.5, 0.6) is 5.75 Å². The summed E-state index contributed by atoms with van der Waals surface area (Å²) in [5.74, 6) is -1.76. The van der Waals surface area contributed by atoms with Crippen molar-refractivity contribution < 1.29 is 19.8 Å². The minimum absolute atomic E-state index is 0.00299. The lowest BCUT2D eigenvalue weighted by Crippen LogP contribution is -2.01. The Morgan fingerprint density at radius 2 is 1.93 bits per heavy atom. The van der Waals surface area contributed by atoms with Crippen LogP contribution >= 0.6 is 15.9 Å². The average molecular weight is 259 g/mol. The normalized spacial score (nSPS) is 9.86. The van der Waals surface area contributed by atoms with E-state index in [9.17, 15) is 14.7 Å². The first-order valence-corrected chi connectivity index (χ1v) is 4.49. The maximum absolute atomic E-state index is 11.0. The van der Waals surface area contributed by atoms with E-state index in [2.05, 4.69) is 15.9 Å². The second kappa shape index (κ2) is 3.79. The summed E-state index contributed by atoms with van der Waals surface area (Å²) in [7, 11) is 0. The summed E-state index contributed by atoms with van der Waals surface area (Å²) in [5, 5.41) is 18.1. The lowest BCUT2D eigenvalue weighted by atomic mass is 10.1. The lowest BCUT2D eigenvalue weighted by Gasteiger charge is -2.04. The third-order valence-corrected chi connectivity index (χ3v) is 2.29. The van der Waals surface area contributed by atoms with E-state index in [4.69, 9.17) is 5.11 Å². The second-order valence-corrected chi connectivity index (χ2v) is 3.57. The van der Waals surface area contributed by atoms with Gasteiger partial charge in [-0.15, -0.1) is 0 Å². The van der Waals surface area contributed by atoms with Gasteiger partial charge >= 0.3 is 5.97 Å². The number of halogens is 1. The van der Waals surface area contributed by atoms with E-state index in [-0.39, 0.29) is 27.1 Å². The van der Waals surface area contributed by atoms with Gasteiger partial charge in [0.05, 0.1) is 15.6 Å². The van der Waals surface area contributed by atoms with Gasteiger partial charge in [0.2, 0.25) is 0 Å². The van der Waals surface area contributed by atoms with Crippen LogP contribution in [0.3, 0.4) is 0 Å². The fourth-order valence-corrected chi connectivity index (χ4v) is 1.45. The summed E-state index contributed by atoms with van der Waals surface area (Å²) in [6.07, 6.45) is 0. The molecule has 0 heterocycles. The number of hydrogen-bond donors (Lipinski definition) is 2. The zero-order chi connectivity index (χ0) is 10.9. The van der Waals surface area contributed by atoms with Crippen molar-refractivity contribution >= 4 is 27.7 Å². The van der Waals surface area contributed by atoms with Gasteiger partial charge < -0.3 is 10.2 Å². The van der Waals surface area contributed by atoms with Crippen LogP contribution in [0.15, 0.2) is 16.6 Å². The Balaban J connectivity index is 3.43. The van der Waals surface area contributed by atoms with Gasteiger partial charge in [-0.25, -0.2) is 4.79 Å². The molecule has 74 valence electrons. The predicted molar refractivity (Wildman–Crippen MR) is 52.8 cm³/mol. The number of benzene rings is 1. The molecule has 2 N–H and O–H groups in total. The molecule has 14 heavy (non-hydrogen) atoms. The van der Waals surface area contributed by atoms with Crippen molar-refractivity contribution in [1.82, 2.24) is 0 Å². The molecule has 0 aliphatic heterocycles. The van der Waals surface area contributed by atoms with Crippen LogP contribution in [0.25, 0.3) is 0 Å². The maximum Gasteiger partial charge on any atom is 0.335 e. The first-order chi connectivity index (χ1) is 6.43. The first kappa shape index (κ1) is 10.7. The summed E-state index contributed by atoms with van der Waals surface area (Å²) < 4.78 is 0.197. The summed E-state index contributed by atoms with van der Waals surface area (Å²) in [4.78, 5) is 21.6. The molecular weight excluding hydrogens is 252 g/mol. The van der Waals surface area contributed by atoms with Gasteiger partial charge in [0.15, 0.2) is 5.78 Å². The number of carbonyl (C=O) groups is 2. The van der Waals surface area contributed by atoms with Crippen molar-refractivity contribution in [2.45, 2.75) is 6.92 Å². The van der Waals surface area contributed by atoms with Crippen LogP contribution in [0.1, 0.15) is 27.6 Å². The Morgan fingerprint density at radius 1 is 1.36 bits per heavy atom. The highest BCUT2D eigenvalue weighted by Crippen LogP contribution is 2.29. The SMILES string of the molecule is CC(=O)c1cc(C(=O)O)cc(Br)c1O. The molecule has 0 spiro atoms. The van der Waals surface area contributed by atoms with Crippen LogP contribution in [-0.4, -0.2) is 22.0 Å². The molecule has 0 saturated heterocycles. The molecule has 0 fully saturated rings. The number of carboxylic acids is 1. The van der Waals surface area contributed by atoms with Crippen LogP contribution in [0, 0.1) is 0 Å². The van der Waals surface area contributed by atoms with E-state index in [0.29, 0.717) is 0 Å². The molecule has 0 unspecified atom stereocenters. The summed E-state index contributed by atoms with van der Waals surface area (Å²) in [5.41, 5.74) is -0.0448. The molecule has 1 aromatic carbocycles. The van der Waals surface area contributed by atoms with Gasteiger partial charge in [0.25, 0.3) is 0 Å². The molecule has 4 nitrogen and oxygen atoms in total. The van der Waals surface area contributed by atoms with E-state index < -0.39 is 5.97 Å². The first-order valence-electron chi connectivity index (χ1n) is 3.70. The molecule has 0 radical (unpaired) electrons. The molecule has 0 bridgehead atoms. The monoisotopic (exact) mass is 258 g/mol. The summed E-state index contributed by atoms with van der Waals surface area (Å²) in [6.45, 7) is 1.26. The Morgan fingerprint density at radius 3 is 2.36 bits per heavy atom. The standard InChI is InChI=1S/C9H7BrO4/c1-4(11)6-2-5(9(13)14)3-7(10)8(6)12/h2-3,12H,1H3,(H,13,14). The number of phenolic OH excluding ortho intramolecular Hbond substituents is 1. The number of rotatable bonds is 2. The number of carboxylic acid groups (broad SMARTS) is 1. The highest BCUT2D eigenvalue weighted by molar-refractivity contribution is 9.10. The number of carbonyl (C=O) groups excluding carboxylic acids is 1. The predicted octanol–water partition coefficient (Wildman–Crippen LogP) is 2.06. The minimum Gasteiger partial charge on any atom is -0.506 e. The Bertz CT molecular complexity index is 412. The summed E-state index contributed by atoms with van der Waals surface area (Å²) >= 11 is 2.97. The number of aromatic carboxylic acids is 1. The van der Waals surface area contributed by atoms with Crippen molar-refractivity contribution in [3.05, 3.63) is 27.7 Å². The fraction of sp³-hybridized carbons (Fsp3) is 0.111. The average Bonchev–Trinajstić information content (AvgIpc) is 2.08. The number of phenols is 1. The third kappa shape index (κ3) is 1.93. The minimum atomic E-state index is -1.15. The van der Waals surface area contributed by atoms with Gasteiger partial charge in [-0.05, 0) is 35.0 Å². The molecule has 1 aromatic rings. The van der Waals surface area contributed by atoms with E-state index >= 15 is 0 Å². The number of aromatic hydroxyl groups is 1. The molecule has 0 saturated carbocycles. The zero-order valence-corrected chi connectivity index (χ0v) is 8.83. The van der Waals surface area contributed by atoms with Gasteiger partial charge in [-0.2, -0.15) is 0 Å². The van der Waals surface area contributed by atoms with Gasteiger partial charge in [0.1, 0.15) is 5.75 Å². The third-order valence-electron chi connectivity index (χ3n) is 1.69. The fourth-order valence-electron chi connectivity index (χ4n) is 0.991. The van der Waals surface area contributed by atoms with E-state index in [1.807, 2.05) is 0 Å². The smallest absolute Gasteiger partial charge is 0.335 e. The molecule has 0 aliphatic rings. The Hall–Kier alpha value is -1.36. The summed E-state index contributed by atoms with van der Waals surface area (Å²) in [6, 6.07) is 2.38. The number of hydrogen-bond acceptors (Lipinski definition) is 3. The zero-order valence-electron chi connectivity index (χ0n) is 7.24. The van der Waals surface area contributed by atoms with E-state index in [1.165, 1.54) is 13.0 Å². The van der Waals surface area contributed by atoms with Gasteiger partial charge in [0, 0.05) is 0 Å². The Kier molecular flexibility index (Phi) is 2.90. The van der Waals surface area contributed by atoms with Crippen molar-refractivity contribution in [3.8, 4) is 5.75 Å². The van der Waals surface area contributed by atoms with Gasteiger partial charge in [-0.1, -0.05) is 0 Å².